The zero-order chi connectivity index (χ0) is 14.8. The molecule has 0 aliphatic heterocycles. The molecule has 0 bridgehead atoms. The number of hydrogen-bond donors (Lipinski definition) is 1. The summed E-state index contributed by atoms with van der Waals surface area (Å²) in [6, 6.07) is 9.90. The highest BCUT2D eigenvalue weighted by molar-refractivity contribution is 6.30. The summed E-state index contributed by atoms with van der Waals surface area (Å²) in [5.74, 6) is 0. The smallest absolute Gasteiger partial charge is 0.0715 e. The van der Waals surface area contributed by atoms with Crippen LogP contribution in [0.3, 0.4) is 0 Å². The second kappa shape index (κ2) is 5.98. The van der Waals surface area contributed by atoms with Gasteiger partial charge in [-0.2, -0.15) is 5.10 Å². The Morgan fingerprint density at radius 3 is 2.40 bits per heavy atom. The first-order valence-corrected chi connectivity index (χ1v) is 7.24. The molecule has 20 heavy (non-hydrogen) atoms. The van der Waals surface area contributed by atoms with E-state index in [-0.39, 0.29) is 0 Å². The molecule has 0 amide bonds. The fourth-order valence-corrected chi connectivity index (χ4v) is 2.38. The van der Waals surface area contributed by atoms with Crippen LogP contribution in [-0.2, 0) is 12.8 Å². The van der Waals surface area contributed by atoms with Gasteiger partial charge in [0.1, 0.15) is 0 Å². The van der Waals surface area contributed by atoms with Crippen molar-refractivity contribution in [2.24, 2.45) is 0 Å². The first kappa shape index (κ1) is 15.1. The van der Waals surface area contributed by atoms with Crippen LogP contribution in [0.15, 0.2) is 36.5 Å². The van der Waals surface area contributed by atoms with E-state index in [2.05, 4.69) is 18.9 Å². The summed E-state index contributed by atoms with van der Waals surface area (Å²) in [7, 11) is 0. The minimum atomic E-state index is -0.815. The molecule has 0 saturated carbocycles. The van der Waals surface area contributed by atoms with Crippen molar-refractivity contribution in [2.75, 3.05) is 0 Å². The van der Waals surface area contributed by atoms with Crippen molar-refractivity contribution in [3.05, 3.63) is 52.8 Å². The Kier molecular flexibility index (Phi) is 4.51. The van der Waals surface area contributed by atoms with Gasteiger partial charge in [-0.15, -0.1) is 0 Å². The van der Waals surface area contributed by atoms with Gasteiger partial charge in [0, 0.05) is 30.1 Å². The van der Waals surface area contributed by atoms with E-state index in [1.54, 1.807) is 0 Å². The standard InChI is InChI=1S/C16H21ClN2O/c1-12(2)19-9-8-15(18-19)11-16(3,20)10-13-4-6-14(17)7-5-13/h4-9,12,20H,10-11H2,1-3H3. The molecular formula is C16H21ClN2O. The van der Waals surface area contributed by atoms with Gasteiger partial charge < -0.3 is 5.11 Å². The minimum absolute atomic E-state index is 0.338. The molecule has 1 unspecified atom stereocenters. The van der Waals surface area contributed by atoms with Crippen molar-refractivity contribution in [2.45, 2.75) is 45.3 Å². The molecule has 0 saturated heterocycles. The van der Waals surface area contributed by atoms with E-state index in [0.29, 0.717) is 23.9 Å². The van der Waals surface area contributed by atoms with E-state index < -0.39 is 5.60 Å². The van der Waals surface area contributed by atoms with Crippen LogP contribution in [0.1, 0.15) is 38.1 Å². The van der Waals surface area contributed by atoms with Gasteiger partial charge in [-0.05, 0) is 44.5 Å². The molecule has 0 spiro atoms. The molecule has 1 heterocycles. The molecule has 4 heteroatoms. The van der Waals surface area contributed by atoms with Crippen molar-refractivity contribution >= 4 is 11.6 Å². The van der Waals surface area contributed by atoms with Crippen molar-refractivity contribution in [3.8, 4) is 0 Å². The number of benzene rings is 1. The molecule has 2 aromatic rings. The summed E-state index contributed by atoms with van der Waals surface area (Å²) in [4.78, 5) is 0. The van der Waals surface area contributed by atoms with Gasteiger partial charge in [0.05, 0.1) is 11.3 Å². The fourth-order valence-electron chi connectivity index (χ4n) is 2.25. The van der Waals surface area contributed by atoms with Crippen LogP contribution >= 0.6 is 11.6 Å². The summed E-state index contributed by atoms with van der Waals surface area (Å²) in [5, 5.41) is 15.8. The van der Waals surface area contributed by atoms with Gasteiger partial charge in [-0.3, -0.25) is 4.68 Å². The van der Waals surface area contributed by atoms with Gasteiger partial charge in [0.15, 0.2) is 0 Å². The lowest BCUT2D eigenvalue weighted by Gasteiger charge is -2.22. The normalized spacial score (nSPS) is 14.5. The van der Waals surface area contributed by atoms with Crippen LogP contribution in [0.4, 0.5) is 0 Å². The summed E-state index contributed by atoms with van der Waals surface area (Å²) < 4.78 is 1.91. The third-order valence-electron chi connectivity index (χ3n) is 3.25. The average Bonchev–Trinajstić information content (AvgIpc) is 2.79. The monoisotopic (exact) mass is 292 g/mol. The highest BCUT2D eigenvalue weighted by atomic mass is 35.5. The first-order chi connectivity index (χ1) is 9.35. The Balaban J connectivity index is 2.04. The van der Waals surface area contributed by atoms with Gasteiger partial charge in [-0.1, -0.05) is 23.7 Å². The average molecular weight is 293 g/mol. The molecule has 0 aliphatic rings. The van der Waals surface area contributed by atoms with E-state index in [1.165, 1.54) is 0 Å². The molecule has 1 atom stereocenters. The maximum atomic E-state index is 10.6. The summed E-state index contributed by atoms with van der Waals surface area (Å²) in [5.41, 5.74) is 1.17. The van der Waals surface area contributed by atoms with Gasteiger partial charge in [-0.25, -0.2) is 0 Å². The quantitative estimate of drug-likeness (QED) is 0.913. The molecule has 3 nitrogen and oxygen atoms in total. The Hall–Kier alpha value is -1.32. The lowest BCUT2D eigenvalue weighted by Crippen LogP contribution is -2.30. The van der Waals surface area contributed by atoms with Crippen molar-refractivity contribution in [3.63, 3.8) is 0 Å². The van der Waals surface area contributed by atoms with Crippen LogP contribution in [-0.4, -0.2) is 20.5 Å². The molecule has 0 aliphatic carbocycles. The zero-order valence-electron chi connectivity index (χ0n) is 12.2. The highest BCUT2D eigenvalue weighted by Crippen LogP contribution is 2.20. The molecular weight excluding hydrogens is 272 g/mol. The molecule has 1 aromatic heterocycles. The largest absolute Gasteiger partial charge is 0.389 e. The minimum Gasteiger partial charge on any atom is -0.389 e. The van der Waals surface area contributed by atoms with E-state index in [1.807, 2.05) is 48.1 Å². The lowest BCUT2D eigenvalue weighted by molar-refractivity contribution is 0.0596. The Labute approximate surface area is 125 Å². The molecule has 0 fully saturated rings. The number of aromatic nitrogens is 2. The van der Waals surface area contributed by atoms with Gasteiger partial charge >= 0.3 is 0 Å². The maximum Gasteiger partial charge on any atom is 0.0715 e. The molecule has 0 radical (unpaired) electrons. The van der Waals surface area contributed by atoms with Crippen LogP contribution in [0.25, 0.3) is 0 Å². The Morgan fingerprint density at radius 1 is 1.20 bits per heavy atom. The molecule has 1 aromatic carbocycles. The summed E-state index contributed by atoms with van der Waals surface area (Å²) in [6.45, 7) is 6.02. The van der Waals surface area contributed by atoms with Crippen LogP contribution in [0.5, 0.6) is 0 Å². The lowest BCUT2D eigenvalue weighted by atomic mass is 9.92. The van der Waals surface area contributed by atoms with Gasteiger partial charge in [0.25, 0.3) is 0 Å². The summed E-state index contributed by atoms with van der Waals surface area (Å²) >= 11 is 5.87. The Morgan fingerprint density at radius 2 is 1.85 bits per heavy atom. The third-order valence-corrected chi connectivity index (χ3v) is 3.50. The topological polar surface area (TPSA) is 38.0 Å². The Bertz CT molecular complexity index is 558. The molecule has 2 rings (SSSR count). The second-order valence-corrected chi connectivity index (χ2v) is 6.29. The highest BCUT2D eigenvalue weighted by Gasteiger charge is 2.23. The van der Waals surface area contributed by atoms with Crippen molar-refractivity contribution in [1.29, 1.82) is 0 Å². The summed E-state index contributed by atoms with van der Waals surface area (Å²) in [6.07, 6.45) is 3.08. The number of hydrogen-bond acceptors (Lipinski definition) is 2. The van der Waals surface area contributed by atoms with Gasteiger partial charge in [0.2, 0.25) is 0 Å². The number of nitrogens with zero attached hydrogens (tertiary/aromatic N) is 2. The maximum absolute atomic E-state index is 10.6. The SMILES string of the molecule is CC(C)n1ccc(CC(C)(O)Cc2ccc(Cl)cc2)n1. The van der Waals surface area contributed by atoms with Crippen LogP contribution in [0, 0.1) is 0 Å². The fraction of sp³-hybridized carbons (Fsp3) is 0.438. The second-order valence-electron chi connectivity index (χ2n) is 5.86. The van der Waals surface area contributed by atoms with E-state index in [9.17, 15) is 5.11 Å². The number of rotatable bonds is 5. The predicted molar refractivity (Wildman–Crippen MR) is 82.1 cm³/mol. The number of aliphatic hydroxyl groups is 1. The van der Waals surface area contributed by atoms with E-state index >= 15 is 0 Å². The first-order valence-electron chi connectivity index (χ1n) is 6.86. The number of halogens is 1. The van der Waals surface area contributed by atoms with Crippen LogP contribution in [0.2, 0.25) is 5.02 Å². The zero-order valence-corrected chi connectivity index (χ0v) is 12.9. The predicted octanol–water partition coefficient (Wildman–Crippen LogP) is 3.65. The van der Waals surface area contributed by atoms with E-state index in [0.717, 1.165) is 11.3 Å². The molecule has 1 N–H and O–H groups in total. The third kappa shape index (κ3) is 4.09. The van der Waals surface area contributed by atoms with Crippen molar-refractivity contribution in [1.82, 2.24) is 9.78 Å². The van der Waals surface area contributed by atoms with Crippen molar-refractivity contribution < 1.29 is 5.11 Å². The molecule has 108 valence electrons. The van der Waals surface area contributed by atoms with Crippen LogP contribution < -0.4 is 0 Å². The van der Waals surface area contributed by atoms with E-state index in [4.69, 9.17) is 11.6 Å².